The molecule has 0 amide bonds. The van der Waals surface area contributed by atoms with Crippen LogP contribution in [0.1, 0.15) is 31.6 Å². The van der Waals surface area contributed by atoms with Gasteiger partial charge in [-0.05, 0) is 30.2 Å². The molecule has 1 aromatic rings. The molecule has 2 nitrogen and oxygen atoms in total. The van der Waals surface area contributed by atoms with Crippen LogP contribution in [0.4, 0.5) is 0 Å². The number of rotatable bonds is 10. The first-order valence-corrected chi connectivity index (χ1v) is 7.51. The van der Waals surface area contributed by atoms with Crippen molar-refractivity contribution in [2.75, 3.05) is 26.3 Å². The third kappa shape index (κ3) is 7.53. The summed E-state index contributed by atoms with van der Waals surface area (Å²) in [5.41, 5.74) is 0. The monoisotopic (exact) mass is 255 g/mol. The fraction of sp³-hybridized carbons (Fsp3) is 0.714. The van der Waals surface area contributed by atoms with Crippen molar-refractivity contribution >= 4 is 11.3 Å². The van der Waals surface area contributed by atoms with Crippen molar-refractivity contribution in [1.82, 2.24) is 5.32 Å². The zero-order valence-electron chi connectivity index (χ0n) is 11.1. The van der Waals surface area contributed by atoms with E-state index < -0.39 is 0 Å². The van der Waals surface area contributed by atoms with E-state index >= 15 is 0 Å². The van der Waals surface area contributed by atoms with Crippen molar-refractivity contribution < 1.29 is 4.74 Å². The highest BCUT2D eigenvalue weighted by Gasteiger charge is 1.99. The van der Waals surface area contributed by atoms with Crippen molar-refractivity contribution in [3.63, 3.8) is 0 Å². The Bertz CT molecular complexity index is 261. The van der Waals surface area contributed by atoms with Crippen molar-refractivity contribution in [3.8, 4) is 0 Å². The summed E-state index contributed by atoms with van der Waals surface area (Å²) in [6.07, 6.45) is 3.65. The smallest absolute Gasteiger partial charge is 0.0591 e. The van der Waals surface area contributed by atoms with Crippen molar-refractivity contribution in [2.45, 2.75) is 33.1 Å². The first-order valence-electron chi connectivity index (χ1n) is 6.63. The summed E-state index contributed by atoms with van der Waals surface area (Å²) < 4.78 is 5.63. The predicted octanol–water partition coefficient (Wildman–Crippen LogP) is 3.33. The van der Waals surface area contributed by atoms with Gasteiger partial charge in [0.25, 0.3) is 0 Å². The fourth-order valence-electron chi connectivity index (χ4n) is 1.80. The van der Waals surface area contributed by atoms with Gasteiger partial charge in [-0.1, -0.05) is 26.3 Å². The van der Waals surface area contributed by atoms with Crippen LogP contribution in [0.15, 0.2) is 17.5 Å². The largest absolute Gasteiger partial charge is 0.380 e. The summed E-state index contributed by atoms with van der Waals surface area (Å²) in [4.78, 5) is 1.45. The van der Waals surface area contributed by atoms with Crippen LogP contribution >= 0.6 is 11.3 Å². The molecule has 0 fully saturated rings. The lowest BCUT2D eigenvalue weighted by molar-refractivity contribution is 0.104. The third-order valence-corrected chi connectivity index (χ3v) is 3.67. The second kappa shape index (κ2) is 9.63. The Hall–Kier alpha value is -0.380. The molecule has 0 aromatic carbocycles. The summed E-state index contributed by atoms with van der Waals surface area (Å²) in [6.45, 7) is 8.23. The normalized spacial score (nSPS) is 12.8. The van der Waals surface area contributed by atoms with Gasteiger partial charge in [-0.15, -0.1) is 11.3 Å². The van der Waals surface area contributed by atoms with E-state index in [0.29, 0.717) is 5.92 Å². The molecule has 0 bridgehead atoms. The Morgan fingerprint density at radius 1 is 1.41 bits per heavy atom. The lowest BCUT2D eigenvalue weighted by atomic mass is 10.1. The van der Waals surface area contributed by atoms with E-state index in [1.54, 1.807) is 0 Å². The molecule has 1 aromatic heterocycles. The molecule has 0 spiro atoms. The van der Waals surface area contributed by atoms with Gasteiger partial charge in [-0.25, -0.2) is 0 Å². The van der Waals surface area contributed by atoms with Crippen LogP contribution in [0.3, 0.4) is 0 Å². The molecule has 17 heavy (non-hydrogen) atoms. The summed E-state index contributed by atoms with van der Waals surface area (Å²) in [5.74, 6) is 0.700. The fourth-order valence-corrected chi connectivity index (χ4v) is 2.51. The Labute approximate surface area is 109 Å². The zero-order chi connectivity index (χ0) is 12.3. The van der Waals surface area contributed by atoms with Gasteiger partial charge in [0.15, 0.2) is 0 Å². The van der Waals surface area contributed by atoms with Gasteiger partial charge in [-0.3, -0.25) is 0 Å². The highest BCUT2D eigenvalue weighted by Crippen LogP contribution is 2.08. The molecule has 1 rings (SSSR count). The van der Waals surface area contributed by atoms with Gasteiger partial charge in [-0.2, -0.15) is 0 Å². The number of ether oxygens (including phenoxy) is 1. The Morgan fingerprint density at radius 3 is 3.00 bits per heavy atom. The minimum Gasteiger partial charge on any atom is -0.380 e. The van der Waals surface area contributed by atoms with Crippen molar-refractivity contribution in [1.29, 1.82) is 0 Å². The van der Waals surface area contributed by atoms with Gasteiger partial charge in [0.05, 0.1) is 6.61 Å². The van der Waals surface area contributed by atoms with Gasteiger partial charge >= 0.3 is 0 Å². The highest BCUT2D eigenvalue weighted by atomic mass is 32.1. The summed E-state index contributed by atoms with van der Waals surface area (Å²) in [5, 5.41) is 5.54. The van der Waals surface area contributed by atoms with E-state index in [1.165, 1.54) is 17.7 Å². The van der Waals surface area contributed by atoms with Crippen molar-refractivity contribution in [3.05, 3.63) is 22.4 Å². The minimum atomic E-state index is 0.700. The summed E-state index contributed by atoms with van der Waals surface area (Å²) in [7, 11) is 0. The van der Waals surface area contributed by atoms with Crippen LogP contribution in [0, 0.1) is 5.92 Å². The highest BCUT2D eigenvalue weighted by molar-refractivity contribution is 7.09. The molecule has 0 aliphatic rings. The van der Waals surface area contributed by atoms with Crippen molar-refractivity contribution in [2.24, 2.45) is 5.92 Å². The summed E-state index contributed by atoms with van der Waals surface area (Å²) >= 11 is 1.83. The average molecular weight is 255 g/mol. The van der Waals surface area contributed by atoms with E-state index in [4.69, 9.17) is 4.74 Å². The van der Waals surface area contributed by atoms with Crippen LogP contribution in [0.25, 0.3) is 0 Å². The Kier molecular flexibility index (Phi) is 8.32. The van der Waals surface area contributed by atoms with Crippen LogP contribution in [-0.2, 0) is 11.2 Å². The molecule has 1 N–H and O–H groups in total. The van der Waals surface area contributed by atoms with E-state index in [-0.39, 0.29) is 0 Å². The van der Waals surface area contributed by atoms with Gasteiger partial charge in [0.2, 0.25) is 0 Å². The number of thiophene rings is 1. The second-order valence-electron chi connectivity index (χ2n) is 4.55. The topological polar surface area (TPSA) is 21.3 Å². The van der Waals surface area contributed by atoms with E-state index in [2.05, 4.69) is 36.7 Å². The first-order chi connectivity index (χ1) is 8.33. The molecular formula is C14H25NOS. The molecule has 1 atom stereocenters. The van der Waals surface area contributed by atoms with Gasteiger partial charge in [0.1, 0.15) is 0 Å². The standard InChI is InChI=1S/C14H25NOS/c1-3-5-13(2)12-16-10-9-15-8-7-14-6-4-11-17-14/h4,6,11,13,15H,3,5,7-10,12H2,1-2H3. The molecule has 1 unspecified atom stereocenters. The molecule has 1 heterocycles. The molecule has 0 aliphatic heterocycles. The average Bonchev–Trinajstić information content (AvgIpc) is 2.81. The van der Waals surface area contributed by atoms with E-state index in [0.717, 1.165) is 32.7 Å². The second-order valence-corrected chi connectivity index (χ2v) is 5.58. The maximum atomic E-state index is 5.63. The Morgan fingerprint density at radius 2 is 2.29 bits per heavy atom. The number of hydrogen-bond acceptors (Lipinski definition) is 3. The molecule has 0 radical (unpaired) electrons. The zero-order valence-corrected chi connectivity index (χ0v) is 11.9. The van der Waals surface area contributed by atoms with Gasteiger partial charge in [0, 0.05) is 24.6 Å². The number of nitrogens with one attached hydrogen (secondary N) is 1. The maximum absolute atomic E-state index is 5.63. The summed E-state index contributed by atoms with van der Waals surface area (Å²) in [6, 6.07) is 4.30. The quantitative estimate of drug-likeness (QED) is 0.648. The van der Waals surface area contributed by atoms with Crippen LogP contribution in [0.5, 0.6) is 0 Å². The lowest BCUT2D eigenvalue weighted by Gasteiger charge is -2.10. The van der Waals surface area contributed by atoms with Gasteiger partial charge < -0.3 is 10.1 Å². The first kappa shape index (κ1) is 14.7. The molecule has 98 valence electrons. The molecular weight excluding hydrogens is 230 g/mol. The van der Waals surface area contributed by atoms with Crippen LogP contribution in [-0.4, -0.2) is 26.3 Å². The van der Waals surface area contributed by atoms with Crippen LogP contribution in [0.2, 0.25) is 0 Å². The van der Waals surface area contributed by atoms with E-state index in [9.17, 15) is 0 Å². The SMILES string of the molecule is CCCC(C)COCCNCCc1cccs1. The minimum absolute atomic E-state index is 0.700. The molecule has 3 heteroatoms. The number of hydrogen-bond donors (Lipinski definition) is 1. The van der Waals surface area contributed by atoms with E-state index in [1.807, 2.05) is 11.3 Å². The molecule has 0 saturated carbocycles. The predicted molar refractivity (Wildman–Crippen MR) is 75.8 cm³/mol. The Balaban J connectivity index is 1.84. The lowest BCUT2D eigenvalue weighted by Crippen LogP contribution is -2.23. The van der Waals surface area contributed by atoms with Crippen LogP contribution < -0.4 is 5.32 Å². The maximum Gasteiger partial charge on any atom is 0.0591 e. The third-order valence-electron chi connectivity index (χ3n) is 2.74. The molecule has 0 saturated heterocycles. The molecule has 0 aliphatic carbocycles.